The second-order valence-corrected chi connectivity index (χ2v) is 5.72. The minimum atomic E-state index is -0.193. The maximum absolute atomic E-state index is 12.1. The maximum Gasteiger partial charge on any atom is 0.261 e. The Hall–Kier alpha value is -2.01. The first-order valence-corrected chi connectivity index (χ1v) is 6.85. The summed E-state index contributed by atoms with van der Waals surface area (Å²) in [6.45, 7) is 2.35. The number of aromatic nitrogens is 1. The van der Waals surface area contributed by atoms with E-state index in [-0.39, 0.29) is 11.8 Å². The summed E-state index contributed by atoms with van der Waals surface area (Å²) in [6.07, 6.45) is 2.47. The predicted molar refractivity (Wildman–Crippen MR) is 72.4 cm³/mol. The summed E-state index contributed by atoms with van der Waals surface area (Å²) in [5.74, 6) is -0.385. The highest BCUT2D eigenvalue weighted by Gasteiger charge is 2.34. The second kappa shape index (κ2) is 4.59. The van der Waals surface area contributed by atoms with Crippen LogP contribution in [0.2, 0.25) is 0 Å². The highest BCUT2D eigenvalue weighted by atomic mass is 32.1. The molecular weight excluding hydrogens is 260 g/mol. The minimum absolute atomic E-state index is 0.193. The average Bonchev–Trinajstić information content (AvgIpc) is 2.93. The van der Waals surface area contributed by atoms with Crippen molar-refractivity contribution < 1.29 is 9.59 Å². The number of hydrogen-bond donors (Lipinski definition) is 0. The topological polar surface area (TPSA) is 50.3 Å². The van der Waals surface area contributed by atoms with E-state index in [0.29, 0.717) is 24.1 Å². The molecule has 0 N–H and O–H groups in total. The largest absolute Gasteiger partial charge is 0.274 e. The van der Waals surface area contributed by atoms with Gasteiger partial charge in [-0.3, -0.25) is 14.5 Å². The van der Waals surface area contributed by atoms with Crippen LogP contribution in [0.25, 0.3) is 0 Å². The van der Waals surface area contributed by atoms with Crippen LogP contribution in [0, 0.1) is 6.92 Å². The third kappa shape index (κ3) is 2.06. The van der Waals surface area contributed by atoms with E-state index in [0.717, 1.165) is 9.88 Å². The van der Waals surface area contributed by atoms with Crippen molar-refractivity contribution in [3.63, 3.8) is 0 Å². The number of amides is 2. The van der Waals surface area contributed by atoms with Gasteiger partial charge in [0.1, 0.15) is 0 Å². The van der Waals surface area contributed by atoms with Crippen LogP contribution in [-0.2, 0) is 6.42 Å². The highest BCUT2D eigenvalue weighted by molar-refractivity contribution is 7.11. The molecule has 0 spiro atoms. The Morgan fingerprint density at radius 1 is 1.16 bits per heavy atom. The molecule has 2 aromatic rings. The van der Waals surface area contributed by atoms with Crippen molar-refractivity contribution in [2.75, 3.05) is 6.54 Å². The van der Waals surface area contributed by atoms with Crippen LogP contribution >= 0.6 is 11.3 Å². The Bertz CT molecular complexity index is 628. The molecular formula is C14H12N2O2S. The van der Waals surface area contributed by atoms with Crippen molar-refractivity contribution in [2.45, 2.75) is 13.3 Å². The summed E-state index contributed by atoms with van der Waals surface area (Å²) >= 11 is 1.60. The molecule has 2 heterocycles. The molecule has 3 rings (SSSR count). The van der Waals surface area contributed by atoms with Crippen molar-refractivity contribution in [1.82, 2.24) is 9.88 Å². The smallest absolute Gasteiger partial charge is 0.261 e. The second-order valence-electron chi connectivity index (χ2n) is 4.40. The molecule has 0 saturated carbocycles. The molecule has 0 aliphatic carbocycles. The molecule has 96 valence electrons. The first-order chi connectivity index (χ1) is 9.16. The van der Waals surface area contributed by atoms with Crippen LogP contribution in [0.4, 0.5) is 0 Å². The van der Waals surface area contributed by atoms with Gasteiger partial charge < -0.3 is 0 Å². The lowest BCUT2D eigenvalue weighted by Gasteiger charge is -2.12. The van der Waals surface area contributed by atoms with Crippen LogP contribution in [0.5, 0.6) is 0 Å². The zero-order valence-electron chi connectivity index (χ0n) is 10.4. The molecule has 0 fully saturated rings. The third-order valence-corrected chi connectivity index (χ3v) is 4.10. The summed E-state index contributed by atoms with van der Waals surface area (Å²) in [6, 6.07) is 6.96. The van der Waals surface area contributed by atoms with Crippen molar-refractivity contribution in [2.24, 2.45) is 0 Å². The molecule has 1 aliphatic rings. The van der Waals surface area contributed by atoms with Gasteiger partial charge in [0.2, 0.25) is 0 Å². The van der Waals surface area contributed by atoms with Gasteiger partial charge in [-0.15, -0.1) is 11.3 Å². The van der Waals surface area contributed by atoms with Crippen LogP contribution in [0.15, 0.2) is 30.5 Å². The Morgan fingerprint density at radius 2 is 1.79 bits per heavy atom. The van der Waals surface area contributed by atoms with E-state index in [1.54, 1.807) is 41.8 Å². The SMILES string of the molecule is Cc1ncc(CCN2C(=O)c3ccccc3C2=O)s1. The first kappa shape index (κ1) is 12.0. The quantitative estimate of drug-likeness (QED) is 0.805. The molecule has 1 aliphatic heterocycles. The number of hydrogen-bond acceptors (Lipinski definition) is 4. The summed E-state index contributed by atoms with van der Waals surface area (Å²) in [4.78, 5) is 30.8. The lowest BCUT2D eigenvalue weighted by molar-refractivity contribution is 0.0656. The lowest BCUT2D eigenvalue weighted by atomic mass is 10.1. The van der Waals surface area contributed by atoms with Crippen LogP contribution in [0.1, 0.15) is 30.6 Å². The molecule has 5 heteroatoms. The molecule has 0 saturated heterocycles. The number of benzene rings is 1. The minimum Gasteiger partial charge on any atom is -0.274 e. The van der Waals surface area contributed by atoms with Gasteiger partial charge in [-0.2, -0.15) is 0 Å². The lowest BCUT2D eigenvalue weighted by Crippen LogP contribution is -2.31. The van der Waals surface area contributed by atoms with Crippen molar-refractivity contribution in [3.8, 4) is 0 Å². The number of aryl methyl sites for hydroxylation is 1. The number of rotatable bonds is 3. The van der Waals surface area contributed by atoms with E-state index in [1.165, 1.54) is 4.90 Å². The Balaban J connectivity index is 1.77. The van der Waals surface area contributed by atoms with Crippen LogP contribution in [0.3, 0.4) is 0 Å². The van der Waals surface area contributed by atoms with Crippen molar-refractivity contribution in [3.05, 3.63) is 51.5 Å². The maximum atomic E-state index is 12.1. The number of fused-ring (bicyclic) bond motifs is 1. The Kier molecular flexibility index (Phi) is 2.91. The highest BCUT2D eigenvalue weighted by Crippen LogP contribution is 2.23. The van der Waals surface area contributed by atoms with Crippen molar-refractivity contribution >= 4 is 23.2 Å². The van der Waals surface area contributed by atoms with Gasteiger partial charge in [0.15, 0.2) is 0 Å². The third-order valence-electron chi connectivity index (χ3n) is 3.13. The number of imide groups is 1. The summed E-state index contributed by atoms with van der Waals surface area (Å²) in [5.41, 5.74) is 1.01. The molecule has 0 radical (unpaired) electrons. The Morgan fingerprint density at radius 3 is 2.32 bits per heavy atom. The summed E-state index contributed by atoms with van der Waals surface area (Å²) < 4.78 is 0. The number of carbonyl (C=O) groups excluding carboxylic acids is 2. The molecule has 0 atom stereocenters. The molecule has 1 aromatic heterocycles. The van der Waals surface area contributed by atoms with E-state index >= 15 is 0 Å². The number of thiazole rings is 1. The fourth-order valence-electron chi connectivity index (χ4n) is 2.19. The summed E-state index contributed by atoms with van der Waals surface area (Å²) in [7, 11) is 0. The number of nitrogens with zero attached hydrogens (tertiary/aromatic N) is 2. The van der Waals surface area contributed by atoms with Gasteiger partial charge in [0.25, 0.3) is 11.8 Å². The monoisotopic (exact) mass is 272 g/mol. The zero-order chi connectivity index (χ0) is 13.4. The van der Waals surface area contributed by atoms with E-state index in [9.17, 15) is 9.59 Å². The molecule has 0 bridgehead atoms. The van der Waals surface area contributed by atoms with Gasteiger partial charge in [0, 0.05) is 24.0 Å². The molecule has 0 unspecified atom stereocenters. The van der Waals surface area contributed by atoms with E-state index < -0.39 is 0 Å². The first-order valence-electron chi connectivity index (χ1n) is 6.03. The standard InChI is InChI=1S/C14H12N2O2S/c1-9-15-8-10(19-9)6-7-16-13(17)11-4-2-3-5-12(11)14(16)18/h2-5,8H,6-7H2,1H3. The van der Waals surface area contributed by atoms with Gasteiger partial charge in [0.05, 0.1) is 16.1 Å². The number of carbonyl (C=O) groups is 2. The van der Waals surface area contributed by atoms with Gasteiger partial charge in [-0.25, -0.2) is 4.98 Å². The molecule has 2 amide bonds. The fraction of sp³-hybridized carbons (Fsp3) is 0.214. The fourth-order valence-corrected chi connectivity index (χ4v) is 2.97. The van der Waals surface area contributed by atoms with Crippen LogP contribution in [-0.4, -0.2) is 28.2 Å². The molecule has 19 heavy (non-hydrogen) atoms. The van der Waals surface area contributed by atoms with Crippen molar-refractivity contribution in [1.29, 1.82) is 0 Å². The van der Waals surface area contributed by atoms with Crippen LogP contribution < -0.4 is 0 Å². The average molecular weight is 272 g/mol. The van der Waals surface area contributed by atoms with Gasteiger partial charge in [-0.05, 0) is 19.1 Å². The predicted octanol–water partition coefficient (Wildman–Crippen LogP) is 2.29. The van der Waals surface area contributed by atoms with Gasteiger partial charge >= 0.3 is 0 Å². The molecule has 4 nitrogen and oxygen atoms in total. The van der Waals surface area contributed by atoms with Gasteiger partial charge in [-0.1, -0.05) is 12.1 Å². The Labute approximate surface area is 114 Å². The summed E-state index contributed by atoms with van der Waals surface area (Å²) in [5, 5.41) is 0.998. The van der Waals surface area contributed by atoms with E-state index in [4.69, 9.17) is 0 Å². The van der Waals surface area contributed by atoms with E-state index in [2.05, 4.69) is 4.98 Å². The molecule has 1 aromatic carbocycles. The normalized spacial score (nSPS) is 14.1. The van der Waals surface area contributed by atoms with E-state index in [1.807, 2.05) is 6.92 Å². The zero-order valence-corrected chi connectivity index (χ0v) is 11.2.